The number of nitriles is 1. The van der Waals surface area contributed by atoms with Crippen molar-refractivity contribution in [2.45, 2.75) is 33.2 Å². The molecule has 1 aromatic rings. The van der Waals surface area contributed by atoms with E-state index >= 15 is 0 Å². The molecule has 0 unspecified atom stereocenters. The van der Waals surface area contributed by atoms with Crippen LogP contribution in [0.3, 0.4) is 0 Å². The molecule has 1 N–H and O–H groups in total. The average Bonchev–Trinajstić information content (AvgIpc) is 2.06. The van der Waals surface area contributed by atoms with Crippen molar-refractivity contribution >= 4 is 5.69 Å². The number of hydrogen-bond donors (Lipinski definition) is 1. The van der Waals surface area contributed by atoms with Crippen LogP contribution in [0.1, 0.15) is 31.9 Å². The van der Waals surface area contributed by atoms with Gasteiger partial charge in [0.1, 0.15) is 0 Å². The zero-order valence-corrected chi connectivity index (χ0v) is 9.18. The molecule has 74 valence electrons. The SMILES string of the molecule is Cc1ccc(C#N)cc1NC(C)(C)C. The molecule has 0 saturated heterocycles. The van der Waals surface area contributed by atoms with Gasteiger partial charge in [-0.05, 0) is 45.4 Å². The second-order valence-electron chi connectivity index (χ2n) is 4.52. The van der Waals surface area contributed by atoms with Gasteiger partial charge in [0, 0.05) is 11.2 Å². The Morgan fingerprint density at radius 2 is 1.93 bits per heavy atom. The van der Waals surface area contributed by atoms with Crippen molar-refractivity contribution in [2.24, 2.45) is 0 Å². The molecule has 2 nitrogen and oxygen atoms in total. The highest BCUT2D eigenvalue weighted by Gasteiger charge is 2.10. The van der Waals surface area contributed by atoms with E-state index in [4.69, 9.17) is 5.26 Å². The maximum absolute atomic E-state index is 8.77. The average molecular weight is 188 g/mol. The van der Waals surface area contributed by atoms with Gasteiger partial charge in [-0.25, -0.2) is 0 Å². The van der Waals surface area contributed by atoms with Gasteiger partial charge in [-0.15, -0.1) is 0 Å². The second kappa shape index (κ2) is 3.71. The predicted octanol–water partition coefficient (Wildman–Crippen LogP) is 3.08. The van der Waals surface area contributed by atoms with Crippen molar-refractivity contribution in [3.63, 3.8) is 0 Å². The van der Waals surface area contributed by atoms with Crippen molar-refractivity contribution in [3.8, 4) is 6.07 Å². The highest BCUT2D eigenvalue weighted by atomic mass is 14.9. The van der Waals surface area contributed by atoms with Crippen LogP contribution in [-0.2, 0) is 0 Å². The summed E-state index contributed by atoms with van der Waals surface area (Å²) >= 11 is 0. The number of anilines is 1. The van der Waals surface area contributed by atoms with Gasteiger partial charge in [-0.2, -0.15) is 5.26 Å². The summed E-state index contributed by atoms with van der Waals surface area (Å²) in [4.78, 5) is 0. The van der Waals surface area contributed by atoms with Gasteiger partial charge in [0.25, 0.3) is 0 Å². The van der Waals surface area contributed by atoms with E-state index in [1.807, 2.05) is 25.1 Å². The lowest BCUT2D eigenvalue weighted by Crippen LogP contribution is -2.26. The van der Waals surface area contributed by atoms with Crippen LogP contribution >= 0.6 is 0 Å². The van der Waals surface area contributed by atoms with E-state index in [9.17, 15) is 0 Å². The van der Waals surface area contributed by atoms with Gasteiger partial charge >= 0.3 is 0 Å². The Balaban J connectivity index is 3.03. The van der Waals surface area contributed by atoms with Crippen LogP contribution in [0, 0.1) is 18.3 Å². The standard InChI is InChI=1S/C12H16N2/c1-9-5-6-10(8-13)7-11(9)14-12(2,3)4/h5-7,14H,1-4H3. The maximum atomic E-state index is 8.77. The van der Waals surface area contributed by atoms with E-state index in [0.717, 1.165) is 5.69 Å². The Bertz CT molecular complexity index is 367. The van der Waals surface area contributed by atoms with E-state index < -0.39 is 0 Å². The Labute approximate surface area is 85.6 Å². The molecule has 0 aliphatic heterocycles. The number of nitrogens with one attached hydrogen (secondary N) is 1. The molecule has 0 aliphatic rings. The van der Waals surface area contributed by atoms with Crippen molar-refractivity contribution < 1.29 is 0 Å². The smallest absolute Gasteiger partial charge is 0.0992 e. The molecule has 0 amide bonds. The molecule has 0 aliphatic carbocycles. The Hall–Kier alpha value is -1.49. The van der Waals surface area contributed by atoms with Crippen LogP contribution in [0.5, 0.6) is 0 Å². The third kappa shape index (κ3) is 2.77. The Kier molecular flexibility index (Phi) is 2.81. The lowest BCUT2D eigenvalue weighted by molar-refractivity contribution is 0.633. The summed E-state index contributed by atoms with van der Waals surface area (Å²) in [5.74, 6) is 0. The molecule has 0 radical (unpaired) electrons. The molecule has 0 atom stereocenters. The molecule has 0 saturated carbocycles. The van der Waals surface area contributed by atoms with Crippen molar-refractivity contribution in [1.82, 2.24) is 0 Å². The normalized spacial score (nSPS) is 10.8. The largest absolute Gasteiger partial charge is 0.380 e. The summed E-state index contributed by atoms with van der Waals surface area (Å²) in [5.41, 5.74) is 2.93. The summed E-state index contributed by atoms with van der Waals surface area (Å²) in [5, 5.41) is 12.1. The molecule has 0 bridgehead atoms. The van der Waals surface area contributed by atoms with Gasteiger partial charge < -0.3 is 5.32 Å². The summed E-state index contributed by atoms with van der Waals surface area (Å²) < 4.78 is 0. The van der Waals surface area contributed by atoms with E-state index in [-0.39, 0.29) is 5.54 Å². The third-order valence-corrected chi connectivity index (χ3v) is 1.88. The second-order valence-corrected chi connectivity index (χ2v) is 4.52. The first-order valence-corrected chi connectivity index (χ1v) is 4.71. The third-order valence-electron chi connectivity index (χ3n) is 1.88. The van der Waals surface area contributed by atoms with Gasteiger partial charge in [0.05, 0.1) is 11.6 Å². The first kappa shape index (κ1) is 10.6. The monoisotopic (exact) mass is 188 g/mol. The number of nitrogens with zero attached hydrogens (tertiary/aromatic N) is 1. The number of hydrogen-bond acceptors (Lipinski definition) is 2. The van der Waals surface area contributed by atoms with E-state index in [2.05, 4.69) is 32.2 Å². The summed E-state index contributed by atoms with van der Waals surface area (Å²) in [6.07, 6.45) is 0. The zero-order valence-electron chi connectivity index (χ0n) is 9.18. The predicted molar refractivity (Wildman–Crippen MR) is 59.3 cm³/mol. The first-order valence-electron chi connectivity index (χ1n) is 4.71. The summed E-state index contributed by atoms with van der Waals surface area (Å²) in [6.45, 7) is 8.34. The topological polar surface area (TPSA) is 35.8 Å². The molecule has 1 rings (SSSR count). The van der Waals surface area contributed by atoms with Crippen LogP contribution in [-0.4, -0.2) is 5.54 Å². The van der Waals surface area contributed by atoms with Crippen molar-refractivity contribution in [1.29, 1.82) is 5.26 Å². The zero-order chi connectivity index (χ0) is 10.8. The molecule has 2 heteroatoms. The minimum atomic E-state index is 0.0266. The molecule has 0 fully saturated rings. The fourth-order valence-electron chi connectivity index (χ4n) is 1.23. The van der Waals surface area contributed by atoms with E-state index in [1.54, 1.807) is 0 Å². The van der Waals surface area contributed by atoms with Crippen molar-refractivity contribution in [3.05, 3.63) is 29.3 Å². The lowest BCUT2D eigenvalue weighted by atomic mass is 10.1. The molecule has 0 aromatic heterocycles. The molecule has 1 aromatic carbocycles. The molecular weight excluding hydrogens is 172 g/mol. The highest BCUT2D eigenvalue weighted by molar-refractivity contribution is 5.56. The highest BCUT2D eigenvalue weighted by Crippen LogP contribution is 2.20. The van der Waals surface area contributed by atoms with Gasteiger partial charge in [0.2, 0.25) is 0 Å². The quantitative estimate of drug-likeness (QED) is 0.735. The first-order chi connectivity index (χ1) is 6.42. The van der Waals surface area contributed by atoms with Gasteiger partial charge in [-0.1, -0.05) is 6.07 Å². The maximum Gasteiger partial charge on any atom is 0.0992 e. The minimum absolute atomic E-state index is 0.0266. The van der Waals surface area contributed by atoms with E-state index in [1.165, 1.54) is 5.56 Å². The number of rotatable bonds is 1. The van der Waals surface area contributed by atoms with Gasteiger partial charge in [-0.3, -0.25) is 0 Å². The van der Waals surface area contributed by atoms with Crippen LogP contribution in [0.2, 0.25) is 0 Å². The summed E-state index contributed by atoms with van der Waals surface area (Å²) in [6, 6.07) is 7.83. The molecule has 0 spiro atoms. The number of aryl methyl sites for hydroxylation is 1. The number of benzene rings is 1. The fourth-order valence-corrected chi connectivity index (χ4v) is 1.23. The van der Waals surface area contributed by atoms with Crippen LogP contribution < -0.4 is 5.32 Å². The lowest BCUT2D eigenvalue weighted by Gasteiger charge is -2.23. The minimum Gasteiger partial charge on any atom is -0.380 e. The van der Waals surface area contributed by atoms with Crippen molar-refractivity contribution in [2.75, 3.05) is 5.32 Å². The molecular formula is C12H16N2. The summed E-state index contributed by atoms with van der Waals surface area (Å²) in [7, 11) is 0. The van der Waals surface area contributed by atoms with E-state index in [0.29, 0.717) is 5.56 Å². The Morgan fingerprint density at radius 3 is 2.43 bits per heavy atom. The molecule has 14 heavy (non-hydrogen) atoms. The Morgan fingerprint density at radius 1 is 1.29 bits per heavy atom. The van der Waals surface area contributed by atoms with Crippen LogP contribution in [0.15, 0.2) is 18.2 Å². The van der Waals surface area contributed by atoms with Crippen LogP contribution in [0.25, 0.3) is 0 Å². The molecule has 0 heterocycles. The van der Waals surface area contributed by atoms with Gasteiger partial charge in [0.15, 0.2) is 0 Å². The fraction of sp³-hybridized carbons (Fsp3) is 0.417. The van der Waals surface area contributed by atoms with Crippen LogP contribution in [0.4, 0.5) is 5.69 Å².